The number of ketones is 1. The molecule has 33 heavy (non-hydrogen) atoms. The first-order chi connectivity index (χ1) is 15.9. The molecule has 1 aromatic heterocycles. The molecule has 1 aliphatic heterocycles. The van der Waals surface area contributed by atoms with Crippen molar-refractivity contribution in [1.29, 1.82) is 0 Å². The molecule has 1 unspecified atom stereocenters. The minimum Gasteiger partial charge on any atom is -0.371 e. The summed E-state index contributed by atoms with van der Waals surface area (Å²) in [6.07, 6.45) is 3.69. The number of primary amides is 1. The summed E-state index contributed by atoms with van der Waals surface area (Å²) < 4.78 is 0. The smallest absolute Gasteiger partial charge is 0.220 e. The van der Waals surface area contributed by atoms with Crippen LogP contribution in [0.2, 0.25) is 0 Å². The number of pyridine rings is 1. The average molecular weight is 442 g/mol. The Balaban J connectivity index is 1.58. The number of anilines is 1. The predicted octanol–water partition coefficient (Wildman–Crippen LogP) is 4.81. The molecule has 170 valence electrons. The fourth-order valence-electron chi connectivity index (χ4n) is 4.75. The van der Waals surface area contributed by atoms with Gasteiger partial charge in [-0.2, -0.15) is 0 Å². The molecular formula is C28H31N3O2. The molecule has 0 radical (unpaired) electrons. The number of rotatable bonds is 7. The zero-order valence-corrected chi connectivity index (χ0v) is 19.3. The van der Waals surface area contributed by atoms with Crippen LogP contribution in [0.15, 0.2) is 66.9 Å². The summed E-state index contributed by atoms with van der Waals surface area (Å²) in [6, 6.07) is 20.5. The van der Waals surface area contributed by atoms with Crippen LogP contribution in [0, 0.1) is 19.8 Å². The van der Waals surface area contributed by atoms with Gasteiger partial charge in [0, 0.05) is 54.5 Å². The van der Waals surface area contributed by atoms with E-state index in [0.717, 1.165) is 42.9 Å². The minimum absolute atomic E-state index is 0.0196. The highest BCUT2D eigenvalue weighted by Gasteiger charge is 2.24. The van der Waals surface area contributed by atoms with Gasteiger partial charge in [-0.15, -0.1) is 0 Å². The number of hydrogen-bond acceptors (Lipinski definition) is 4. The summed E-state index contributed by atoms with van der Waals surface area (Å²) in [7, 11) is 0. The zero-order chi connectivity index (χ0) is 23.4. The lowest BCUT2D eigenvalue weighted by Gasteiger charge is -2.32. The second kappa shape index (κ2) is 9.99. The highest BCUT2D eigenvalue weighted by Crippen LogP contribution is 2.33. The fourth-order valence-corrected chi connectivity index (χ4v) is 4.75. The Labute approximate surface area is 195 Å². The molecule has 1 saturated heterocycles. The number of nitrogens with zero attached hydrogens (tertiary/aromatic N) is 2. The van der Waals surface area contributed by atoms with E-state index >= 15 is 0 Å². The molecule has 2 aromatic carbocycles. The lowest BCUT2D eigenvalue weighted by Crippen LogP contribution is -2.38. The van der Waals surface area contributed by atoms with Crippen molar-refractivity contribution in [2.24, 2.45) is 11.7 Å². The highest BCUT2D eigenvalue weighted by atomic mass is 16.1. The van der Waals surface area contributed by atoms with E-state index in [1.165, 1.54) is 11.1 Å². The molecule has 1 amide bonds. The molecule has 1 aliphatic rings. The fraction of sp³-hybridized carbons (Fsp3) is 0.321. The van der Waals surface area contributed by atoms with Gasteiger partial charge in [-0.3, -0.25) is 14.6 Å². The number of benzene rings is 2. The van der Waals surface area contributed by atoms with Crippen LogP contribution in [0.4, 0.5) is 5.69 Å². The molecule has 2 N–H and O–H groups in total. The second-order valence-electron chi connectivity index (χ2n) is 8.98. The van der Waals surface area contributed by atoms with Crippen LogP contribution in [0.3, 0.4) is 0 Å². The third-order valence-corrected chi connectivity index (χ3v) is 6.73. The largest absolute Gasteiger partial charge is 0.371 e. The molecule has 3 aromatic rings. The van der Waals surface area contributed by atoms with Gasteiger partial charge in [-0.1, -0.05) is 36.4 Å². The average Bonchev–Trinajstić information content (AvgIpc) is 2.83. The Bertz CT molecular complexity index is 1130. The summed E-state index contributed by atoms with van der Waals surface area (Å²) in [5.41, 5.74) is 11.6. The lowest BCUT2D eigenvalue weighted by molar-refractivity contribution is -0.122. The monoisotopic (exact) mass is 441 g/mol. The van der Waals surface area contributed by atoms with Crippen LogP contribution in [0.1, 0.15) is 57.9 Å². The molecule has 0 aliphatic carbocycles. The van der Waals surface area contributed by atoms with Crippen molar-refractivity contribution in [3.05, 3.63) is 94.8 Å². The van der Waals surface area contributed by atoms with Crippen molar-refractivity contribution in [2.75, 3.05) is 18.0 Å². The predicted molar refractivity (Wildman–Crippen MR) is 132 cm³/mol. The van der Waals surface area contributed by atoms with E-state index in [0.29, 0.717) is 12.0 Å². The third kappa shape index (κ3) is 5.30. The molecule has 2 heterocycles. The number of piperidine rings is 1. The molecule has 0 bridgehead atoms. The van der Waals surface area contributed by atoms with Crippen molar-refractivity contribution in [1.82, 2.24) is 4.98 Å². The van der Waals surface area contributed by atoms with E-state index in [-0.39, 0.29) is 23.5 Å². The van der Waals surface area contributed by atoms with Crippen molar-refractivity contribution in [2.45, 2.75) is 39.0 Å². The van der Waals surface area contributed by atoms with E-state index in [9.17, 15) is 9.59 Å². The number of hydrogen-bond donors (Lipinski definition) is 1. The summed E-state index contributed by atoms with van der Waals surface area (Å²) in [6.45, 7) is 5.66. The van der Waals surface area contributed by atoms with Crippen molar-refractivity contribution >= 4 is 17.4 Å². The quantitative estimate of drug-likeness (QED) is 0.534. The maximum atomic E-state index is 13.2. The SMILES string of the molecule is Cc1cc(C(=O)CC(c2ccc(N3CCC(C(N)=O)CC3)cc2)c2ccccc2C)ccn1. The molecular weight excluding hydrogens is 410 g/mol. The number of aryl methyl sites for hydroxylation is 2. The van der Waals surface area contributed by atoms with Gasteiger partial charge in [0.2, 0.25) is 5.91 Å². The minimum atomic E-state index is -0.194. The molecule has 0 spiro atoms. The van der Waals surface area contributed by atoms with Gasteiger partial charge < -0.3 is 10.6 Å². The first kappa shape index (κ1) is 22.7. The Morgan fingerprint density at radius 1 is 1.03 bits per heavy atom. The van der Waals surface area contributed by atoms with Crippen LogP contribution in [-0.4, -0.2) is 29.8 Å². The Kier molecular flexibility index (Phi) is 6.87. The molecule has 4 rings (SSSR count). The van der Waals surface area contributed by atoms with Gasteiger partial charge in [0.05, 0.1) is 0 Å². The van der Waals surface area contributed by atoms with Crippen LogP contribution in [0.25, 0.3) is 0 Å². The number of carbonyl (C=O) groups excluding carboxylic acids is 2. The standard InChI is InChI=1S/C28H31N3O2/c1-19-5-3-4-6-25(19)26(18-27(32)23-11-14-30-20(2)17-23)21-7-9-24(10-8-21)31-15-12-22(13-16-31)28(29)33/h3-11,14,17,22,26H,12-13,15-16,18H2,1-2H3,(H2,29,33). The van der Waals surface area contributed by atoms with E-state index in [4.69, 9.17) is 5.73 Å². The van der Waals surface area contributed by atoms with E-state index in [1.807, 2.05) is 25.1 Å². The van der Waals surface area contributed by atoms with E-state index in [1.54, 1.807) is 12.3 Å². The molecule has 0 saturated carbocycles. The van der Waals surface area contributed by atoms with Crippen molar-refractivity contribution < 1.29 is 9.59 Å². The first-order valence-corrected chi connectivity index (χ1v) is 11.6. The van der Waals surface area contributed by atoms with Crippen LogP contribution >= 0.6 is 0 Å². The number of Topliss-reactive ketones (excluding diaryl/α,β-unsaturated/α-hetero) is 1. The maximum absolute atomic E-state index is 13.2. The number of carbonyl (C=O) groups is 2. The van der Waals surface area contributed by atoms with Crippen molar-refractivity contribution in [3.63, 3.8) is 0 Å². The van der Waals surface area contributed by atoms with Gasteiger partial charge in [0.15, 0.2) is 5.78 Å². The van der Waals surface area contributed by atoms with E-state index < -0.39 is 0 Å². The summed E-state index contributed by atoms with van der Waals surface area (Å²) >= 11 is 0. The second-order valence-corrected chi connectivity index (χ2v) is 8.98. The van der Waals surface area contributed by atoms with Gasteiger partial charge >= 0.3 is 0 Å². The molecule has 1 atom stereocenters. The van der Waals surface area contributed by atoms with Gasteiger partial charge in [-0.25, -0.2) is 0 Å². The Hall–Kier alpha value is -3.47. The molecule has 5 heteroatoms. The normalized spacial score (nSPS) is 15.3. The molecule has 1 fully saturated rings. The van der Waals surface area contributed by atoms with Gasteiger partial charge in [-0.05, 0) is 67.6 Å². The lowest BCUT2D eigenvalue weighted by atomic mass is 9.83. The van der Waals surface area contributed by atoms with Crippen LogP contribution < -0.4 is 10.6 Å². The summed E-state index contributed by atoms with van der Waals surface area (Å²) in [5, 5.41) is 0. The highest BCUT2D eigenvalue weighted by molar-refractivity contribution is 5.96. The zero-order valence-electron chi connectivity index (χ0n) is 19.3. The van der Waals surface area contributed by atoms with Crippen molar-refractivity contribution in [3.8, 4) is 0 Å². The topological polar surface area (TPSA) is 76.3 Å². The van der Waals surface area contributed by atoms with E-state index in [2.05, 4.69) is 53.2 Å². The van der Waals surface area contributed by atoms with Gasteiger partial charge in [0.25, 0.3) is 0 Å². The van der Waals surface area contributed by atoms with Gasteiger partial charge in [0.1, 0.15) is 0 Å². The summed E-state index contributed by atoms with van der Waals surface area (Å²) in [4.78, 5) is 31.2. The number of aromatic nitrogens is 1. The first-order valence-electron chi connectivity index (χ1n) is 11.6. The maximum Gasteiger partial charge on any atom is 0.220 e. The number of amides is 1. The number of nitrogens with two attached hydrogens (primary N) is 1. The Morgan fingerprint density at radius 2 is 1.73 bits per heavy atom. The van der Waals surface area contributed by atoms with Crippen LogP contribution in [0.5, 0.6) is 0 Å². The third-order valence-electron chi connectivity index (χ3n) is 6.73. The Morgan fingerprint density at radius 3 is 2.36 bits per heavy atom. The summed E-state index contributed by atoms with van der Waals surface area (Å²) in [5.74, 6) is -0.123. The molecule has 5 nitrogen and oxygen atoms in total. The van der Waals surface area contributed by atoms with Crippen LogP contribution in [-0.2, 0) is 4.79 Å².